The molecule has 2 aliphatic rings. The summed E-state index contributed by atoms with van der Waals surface area (Å²) in [4.78, 5) is 14.5. The van der Waals surface area contributed by atoms with Crippen molar-refractivity contribution in [1.29, 1.82) is 0 Å². The van der Waals surface area contributed by atoms with Crippen molar-refractivity contribution >= 4 is 15.9 Å². The van der Waals surface area contributed by atoms with Gasteiger partial charge in [0.2, 0.25) is 15.9 Å². The van der Waals surface area contributed by atoms with E-state index in [4.69, 9.17) is 0 Å². The number of rotatable bonds is 5. The van der Waals surface area contributed by atoms with Crippen LogP contribution < -0.4 is 0 Å². The van der Waals surface area contributed by atoms with Gasteiger partial charge in [0, 0.05) is 23.6 Å². The summed E-state index contributed by atoms with van der Waals surface area (Å²) >= 11 is 0. The number of piperazine rings is 1. The maximum atomic E-state index is 13.4. The van der Waals surface area contributed by atoms with E-state index in [-0.39, 0.29) is 49.1 Å². The zero-order valence-corrected chi connectivity index (χ0v) is 20.2. The van der Waals surface area contributed by atoms with Crippen LogP contribution in [0, 0.1) is 17.7 Å². The Kier molecular flexibility index (Phi) is 6.63. The second-order valence-corrected chi connectivity index (χ2v) is 11.0. The Labute approximate surface area is 210 Å². The van der Waals surface area contributed by atoms with Gasteiger partial charge in [-0.05, 0) is 41.5 Å². The first kappa shape index (κ1) is 24.2. The summed E-state index contributed by atoms with van der Waals surface area (Å²) in [5.41, 5.74) is 2.89. The molecule has 3 aromatic rings. The molecular formula is C28H25FN2O4S. The summed E-state index contributed by atoms with van der Waals surface area (Å²) in [5.74, 6) is 4.95. The SMILES string of the molecule is O=C1CN(S(=O)(=O)Cc2ccccc2)C[C@@H]2[C@H](c3ccc(C#Cc4cccc(F)c4)cc3)[C@H](CO)N12. The highest BCUT2D eigenvalue weighted by atomic mass is 32.2. The van der Waals surface area contributed by atoms with Crippen LogP contribution in [0.3, 0.4) is 0 Å². The Morgan fingerprint density at radius 2 is 1.67 bits per heavy atom. The Balaban J connectivity index is 1.34. The molecule has 0 aliphatic carbocycles. The summed E-state index contributed by atoms with van der Waals surface area (Å²) < 4.78 is 40.8. The van der Waals surface area contributed by atoms with Crippen molar-refractivity contribution in [3.8, 4) is 11.8 Å². The number of carbonyl (C=O) groups excluding carboxylic acids is 1. The van der Waals surface area contributed by atoms with Crippen LogP contribution >= 0.6 is 0 Å². The molecule has 2 saturated heterocycles. The van der Waals surface area contributed by atoms with E-state index >= 15 is 0 Å². The summed E-state index contributed by atoms with van der Waals surface area (Å²) in [7, 11) is -3.69. The number of nitrogens with zero attached hydrogens (tertiary/aromatic N) is 2. The molecule has 184 valence electrons. The lowest BCUT2D eigenvalue weighted by Crippen LogP contribution is -2.73. The molecule has 36 heavy (non-hydrogen) atoms. The molecule has 0 bridgehead atoms. The molecule has 2 heterocycles. The van der Waals surface area contributed by atoms with Crippen molar-refractivity contribution < 1.29 is 22.7 Å². The summed E-state index contributed by atoms with van der Waals surface area (Å²) in [5, 5.41) is 10.0. The molecule has 5 rings (SSSR count). The van der Waals surface area contributed by atoms with Crippen LogP contribution in [0.1, 0.15) is 28.2 Å². The van der Waals surface area contributed by atoms with Crippen molar-refractivity contribution in [3.05, 3.63) is 107 Å². The van der Waals surface area contributed by atoms with Gasteiger partial charge < -0.3 is 10.0 Å². The molecule has 0 unspecified atom stereocenters. The van der Waals surface area contributed by atoms with Gasteiger partial charge in [-0.3, -0.25) is 4.79 Å². The standard InChI is InChI=1S/C28H25FN2O4S/c29-24-8-4-7-21(15-24)10-9-20-11-13-23(14-12-20)28-25-16-30(17-27(33)31(25)26(28)18-32)36(34,35)19-22-5-2-1-3-6-22/h1-8,11-15,25-26,28,32H,16-19H2/t25-,26+,28+/m1/s1. The van der Waals surface area contributed by atoms with Gasteiger partial charge in [0.25, 0.3) is 0 Å². The van der Waals surface area contributed by atoms with Crippen molar-refractivity contribution in [2.24, 2.45) is 0 Å². The fourth-order valence-corrected chi connectivity index (χ4v) is 6.54. The normalized spacial score (nSPS) is 21.8. The number of halogens is 1. The average Bonchev–Trinajstić information content (AvgIpc) is 2.85. The number of benzene rings is 3. The van der Waals surface area contributed by atoms with Crippen molar-refractivity contribution in [3.63, 3.8) is 0 Å². The second kappa shape index (κ2) is 9.86. The lowest BCUT2D eigenvalue weighted by molar-refractivity contribution is -0.158. The molecule has 3 atom stereocenters. The average molecular weight is 505 g/mol. The molecule has 3 aromatic carbocycles. The summed E-state index contributed by atoms with van der Waals surface area (Å²) in [6.45, 7) is -0.239. The Hall–Kier alpha value is -3.51. The summed E-state index contributed by atoms with van der Waals surface area (Å²) in [6.07, 6.45) is 0. The molecule has 1 amide bonds. The Morgan fingerprint density at radius 1 is 0.944 bits per heavy atom. The number of amides is 1. The van der Waals surface area contributed by atoms with E-state index in [1.54, 1.807) is 41.3 Å². The molecular weight excluding hydrogens is 479 g/mol. The lowest BCUT2D eigenvalue weighted by Gasteiger charge is -2.58. The van der Waals surface area contributed by atoms with Crippen LogP contribution in [-0.4, -0.2) is 60.4 Å². The predicted octanol–water partition coefficient (Wildman–Crippen LogP) is 2.73. The number of carbonyl (C=O) groups is 1. The van der Waals surface area contributed by atoms with Crippen LogP contribution in [0.5, 0.6) is 0 Å². The first-order valence-electron chi connectivity index (χ1n) is 11.7. The molecule has 0 aromatic heterocycles. The van der Waals surface area contributed by atoms with Gasteiger partial charge in [-0.2, -0.15) is 4.31 Å². The van der Waals surface area contributed by atoms with Gasteiger partial charge in [0.1, 0.15) is 5.82 Å². The molecule has 6 nitrogen and oxygen atoms in total. The van der Waals surface area contributed by atoms with Gasteiger partial charge in [-0.25, -0.2) is 12.8 Å². The minimum Gasteiger partial charge on any atom is -0.394 e. The number of aliphatic hydroxyl groups is 1. The van der Waals surface area contributed by atoms with Crippen molar-refractivity contribution in [2.75, 3.05) is 19.7 Å². The van der Waals surface area contributed by atoms with E-state index in [2.05, 4.69) is 11.8 Å². The van der Waals surface area contributed by atoms with Crippen LogP contribution in [0.2, 0.25) is 0 Å². The quantitative estimate of drug-likeness (QED) is 0.542. The monoisotopic (exact) mass is 504 g/mol. The first-order valence-corrected chi connectivity index (χ1v) is 13.3. The number of aliphatic hydroxyl groups excluding tert-OH is 1. The highest BCUT2D eigenvalue weighted by Gasteiger charge is 2.55. The predicted molar refractivity (Wildman–Crippen MR) is 134 cm³/mol. The molecule has 2 fully saturated rings. The molecule has 8 heteroatoms. The number of fused-ring (bicyclic) bond motifs is 1. The highest BCUT2D eigenvalue weighted by Crippen LogP contribution is 2.43. The van der Waals surface area contributed by atoms with Gasteiger partial charge in [-0.1, -0.05) is 60.4 Å². The fourth-order valence-electron chi connectivity index (χ4n) is 5.06. The molecule has 1 N–H and O–H groups in total. The van der Waals surface area contributed by atoms with Gasteiger partial charge in [-0.15, -0.1) is 0 Å². The van der Waals surface area contributed by atoms with Crippen molar-refractivity contribution in [1.82, 2.24) is 9.21 Å². The van der Waals surface area contributed by atoms with Gasteiger partial charge in [0.15, 0.2) is 0 Å². The topological polar surface area (TPSA) is 77.9 Å². The Bertz CT molecular complexity index is 1430. The van der Waals surface area contributed by atoms with E-state index in [1.807, 2.05) is 30.3 Å². The van der Waals surface area contributed by atoms with E-state index in [1.165, 1.54) is 16.4 Å². The van der Waals surface area contributed by atoms with E-state index in [0.717, 1.165) is 11.1 Å². The van der Waals surface area contributed by atoms with E-state index < -0.39 is 16.1 Å². The number of hydrogen-bond donors (Lipinski definition) is 1. The molecule has 2 aliphatic heterocycles. The third-order valence-corrected chi connectivity index (χ3v) is 8.54. The smallest absolute Gasteiger partial charge is 0.238 e. The summed E-state index contributed by atoms with van der Waals surface area (Å²) in [6, 6.07) is 21.7. The maximum Gasteiger partial charge on any atom is 0.238 e. The molecule has 0 radical (unpaired) electrons. The zero-order chi connectivity index (χ0) is 25.3. The van der Waals surface area contributed by atoms with Gasteiger partial charge in [0.05, 0.1) is 31.0 Å². The van der Waals surface area contributed by atoms with Crippen molar-refractivity contribution in [2.45, 2.75) is 23.8 Å². The van der Waals surface area contributed by atoms with Crippen LogP contribution in [0.4, 0.5) is 4.39 Å². The van der Waals surface area contributed by atoms with Crippen LogP contribution in [-0.2, 0) is 20.6 Å². The lowest BCUT2D eigenvalue weighted by atomic mass is 9.74. The molecule has 0 spiro atoms. The minimum atomic E-state index is -3.69. The third-order valence-electron chi connectivity index (χ3n) is 6.78. The van der Waals surface area contributed by atoms with Gasteiger partial charge >= 0.3 is 0 Å². The third kappa shape index (κ3) is 4.78. The van der Waals surface area contributed by atoms with Crippen LogP contribution in [0.15, 0.2) is 78.9 Å². The molecule has 0 saturated carbocycles. The second-order valence-electron chi connectivity index (χ2n) is 9.06. The number of sulfonamides is 1. The number of hydrogen-bond acceptors (Lipinski definition) is 4. The fraction of sp³-hybridized carbons (Fsp3) is 0.250. The maximum absolute atomic E-state index is 13.4. The highest BCUT2D eigenvalue weighted by molar-refractivity contribution is 7.88. The Morgan fingerprint density at radius 3 is 2.36 bits per heavy atom. The van der Waals surface area contributed by atoms with E-state index in [9.17, 15) is 22.7 Å². The first-order chi connectivity index (χ1) is 17.4. The van der Waals surface area contributed by atoms with E-state index in [0.29, 0.717) is 11.1 Å². The van der Waals surface area contributed by atoms with Crippen LogP contribution in [0.25, 0.3) is 0 Å². The minimum absolute atomic E-state index is 0.166. The zero-order valence-electron chi connectivity index (χ0n) is 19.4. The largest absolute Gasteiger partial charge is 0.394 e.